The van der Waals surface area contributed by atoms with Gasteiger partial charge < -0.3 is 9.15 Å². The van der Waals surface area contributed by atoms with Crippen LogP contribution in [-0.2, 0) is 10.8 Å². The van der Waals surface area contributed by atoms with Gasteiger partial charge in [-0.15, -0.1) is 0 Å². The second-order valence-corrected chi connectivity index (χ2v) is 14.0. The van der Waals surface area contributed by atoms with E-state index in [1.165, 1.54) is 55.6 Å². The first-order valence-electron chi connectivity index (χ1n) is 16.8. The van der Waals surface area contributed by atoms with Crippen molar-refractivity contribution in [3.8, 4) is 44.9 Å². The summed E-state index contributed by atoms with van der Waals surface area (Å²) in [5.74, 6) is 1.70. The van der Waals surface area contributed by atoms with Crippen LogP contribution in [0.5, 0.6) is 11.5 Å². The number of hydrogen-bond acceptors (Lipinski definition) is 2. The molecule has 0 amide bonds. The Labute approximate surface area is 278 Å². The fourth-order valence-electron chi connectivity index (χ4n) is 9.19. The van der Waals surface area contributed by atoms with Crippen LogP contribution in [0.15, 0.2) is 150 Å². The third-order valence-electron chi connectivity index (χ3n) is 11.4. The van der Waals surface area contributed by atoms with Gasteiger partial charge in [0.05, 0.1) is 5.41 Å². The largest absolute Gasteiger partial charge is 0.453 e. The molecule has 1 aromatic heterocycles. The lowest BCUT2D eigenvalue weighted by Crippen LogP contribution is -2.25. The summed E-state index contributed by atoms with van der Waals surface area (Å²) in [5, 5.41) is 2.19. The Bertz CT molecular complexity index is 2620. The summed E-state index contributed by atoms with van der Waals surface area (Å²) < 4.78 is 13.3. The Hall–Kier alpha value is -5.86. The van der Waals surface area contributed by atoms with Crippen LogP contribution < -0.4 is 4.74 Å². The van der Waals surface area contributed by atoms with Crippen LogP contribution in [-0.4, -0.2) is 0 Å². The molecular weight excluding hydrogens is 585 g/mol. The summed E-state index contributed by atoms with van der Waals surface area (Å²) >= 11 is 0. The Balaban J connectivity index is 1.11. The maximum atomic E-state index is 6.85. The van der Waals surface area contributed by atoms with Crippen molar-refractivity contribution in [2.24, 2.45) is 0 Å². The van der Waals surface area contributed by atoms with Crippen LogP contribution in [0.25, 0.3) is 55.3 Å². The van der Waals surface area contributed by atoms with Crippen LogP contribution in [0.3, 0.4) is 0 Å². The minimum absolute atomic E-state index is 0.254. The predicted molar refractivity (Wildman–Crippen MR) is 194 cm³/mol. The highest BCUT2D eigenvalue weighted by Gasteiger charge is 2.51. The number of fused-ring (bicyclic) bond motifs is 16. The summed E-state index contributed by atoms with van der Waals surface area (Å²) in [4.78, 5) is 0. The smallest absolute Gasteiger partial charge is 0.178 e. The van der Waals surface area contributed by atoms with Gasteiger partial charge in [-0.2, -0.15) is 0 Å². The van der Waals surface area contributed by atoms with Crippen molar-refractivity contribution < 1.29 is 9.15 Å². The van der Waals surface area contributed by atoms with E-state index in [4.69, 9.17) is 9.15 Å². The molecule has 11 rings (SSSR count). The molecule has 2 heteroatoms. The van der Waals surface area contributed by atoms with Crippen LogP contribution >= 0.6 is 0 Å². The summed E-state index contributed by atoms with van der Waals surface area (Å²) in [6.07, 6.45) is 0. The van der Waals surface area contributed by atoms with Gasteiger partial charge in [-0.3, -0.25) is 0 Å². The zero-order chi connectivity index (χ0) is 31.8. The molecule has 0 bridgehead atoms. The molecule has 1 aliphatic heterocycles. The van der Waals surface area contributed by atoms with Gasteiger partial charge >= 0.3 is 0 Å². The standard InChI is InChI=1S/C46H30O2/c1-45(2)38-23-20-28(26-42(38)48-44-39(45)24-22-34-33-14-6-10-18-41(33)47-43(34)44)27-19-21-32-31-13-5-9-17-37(31)46(40(32)25-27)35-15-7-3-11-29(35)30-12-4-8-16-36(30)46/h3-26H,1-2H3. The molecule has 0 atom stereocenters. The average molecular weight is 615 g/mol. The highest BCUT2D eigenvalue weighted by molar-refractivity contribution is 6.07. The number of hydrogen-bond donors (Lipinski definition) is 0. The molecule has 8 aromatic rings. The molecule has 2 heterocycles. The van der Waals surface area contributed by atoms with Crippen molar-refractivity contribution in [1.82, 2.24) is 0 Å². The Morgan fingerprint density at radius 2 is 1.00 bits per heavy atom. The molecule has 226 valence electrons. The lowest BCUT2D eigenvalue weighted by Gasteiger charge is -2.34. The second-order valence-electron chi connectivity index (χ2n) is 14.0. The Morgan fingerprint density at radius 1 is 0.438 bits per heavy atom. The van der Waals surface area contributed by atoms with Gasteiger partial charge in [-0.05, 0) is 79.9 Å². The van der Waals surface area contributed by atoms with E-state index in [-0.39, 0.29) is 10.8 Å². The molecular formula is C46H30O2. The molecule has 0 fully saturated rings. The molecule has 1 spiro atoms. The molecule has 2 nitrogen and oxygen atoms in total. The van der Waals surface area contributed by atoms with E-state index in [1.807, 2.05) is 12.1 Å². The van der Waals surface area contributed by atoms with Crippen molar-refractivity contribution in [3.05, 3.63) is 179 Å². The predicted octanol–water partition coefficient (Wildman–Crippen LogP) is 12.0. The fraction of sp³-hybridized carbons (Fsp3) is 0.0870. The normalized spacial score (nSPS) is 15.4. The third-order valence-corrected chi connectivity index (χ3v) is 11.4. The van der Waals surface area contributed by atoms with Crippen molar-refractivity contribution >= 4 is 21.9 Å². The highest BCUT2D eigenvalue weighted by atomic mass is 16.5. The molecule has 48 heavy (non-hydrogen) atoms. The molecule has 0 unspecified atom stereocenters. The maximum absolute atomic E-state index is 6.85. The summed E-state index contributed by atoms with van der Waals surface area (Å²) in [6.45, 7) is 4.57. The van der Waals surface area contributed by atoms with Crippen LogP contribution in [0, 0.1) is 0 Å². The quantitative estimate of drug-likeness (QED) is 0.184. The van der Waals surface area contributed by atoms with Crippen molar-refractivity contribution in [1.29, 1.82) is 0 Å². The van der Waals surface area contributed by atoms with E-state index in [9.17, 15) is 0 Å². The van der Waals surface area contributed by atoms with Crippen molar-refractivity contribution in [2.75, 3.05) is 0 Å². The van der Waals surface area contributed by atoms with Gasteiger partial charge in [0.1, 0.15) is 11.3 Å². The van der Waals surface area contributed by atoms with Gasteiger partial charge in [-0.1, -0.05) is 135 Å². The van der Waals surface area contributed by atoms with Gasteiger partial charge in [0.25, 0.3) is 0 Å². The first-order chi connectivity index (χ1) is 23.5. The van der Waals surface area contributed by atoms with Gasteiger partial charge in [0.2, 0.25) is 0 Å². The van der Waals surface area contributed by atoms with Crippen LogP contribution in [0.1, 0.15) is 47.2 Å². The van der Waals surface area contributed by atoms with E-state index in [0.29, 0.717) is 0 Å². The van der Waals surface area contributed by atoms with E-state index < -0.39 is 0 Å². The fourth-order valence-corrected chi connectivity index (χ4v) is 9.19. The van der Waals surface area contributed by atoms with Crippen LogP contribution in [0.4, 0.5) is 0 Å². The molecule has 0 N–H and O–H groups in total. The summed E-state index contributed by atoms with van der Waals surface area (Å²) in [5.41, 5.74) is 16.4. The minimum atomic E-state index is -0.367. The number of para-hydroxylation sites is 1. The zero-order valence-electron chi connectivity index (χ0n) is 26.7. The first-order valence-corrected chi connectivity index (χ1v) is 16.8. The van der Waals surface area contributed by atoms with Crippen LogP contribution in [0.2, 0.25) is 0 Å². The SMILES string of the molecule is CC1(C)c2ccc(-c3ccc4c(c3)C3(c5ccccc5-c5ccccc53)c3ccccc3-4)cc2Oc2c1ccc1c2oc2ccccc21. The molecule has 2 aliphatic carbocycles. The van der Waals surface area contributed by atoms with Gasteiger partial charge in [0, 0.05) is 27.3 Å². The number of benzene rings is 7. The zero-order valence-corrected chi connectivity index (χ0v) is 26.7. The number of ether oxygens (including phenoxy) is 1. The summed E-state index contributed by atoms with van der Waals surface area (Å²) in [7, 11) is 0. The third kappa shape index (κ3) is 3.09. The first kappa shape index (κ1) is 26.2. The Morgan fingerprint density at radius 3 is 1.71 bits per heavy atom. The van der Waals surface area contributed by atoms with E-state index in [0.717, 1.165) is 44.6 Å². The highest BCUT2D eigenvalue weighted by Crippen LogP contribution is 2.63. The lowest BCUT2D eigenvalue weighted by atomic mass is 9.70. The second kappa shape index (κ2) is 8.93. The monoisotopic (exact) mass is 614 g/mol. The van der Waals surface area contributed by atoms with E-state index in [1.54, 1.807) is 0 Å². The van der Waals surface area contributed by atoms with Crippen molar-refractivity contribution in [2.45, 2.75) is 24.7 Å². The molecule has 0 saturated heterocycles. The molecule has 0 radical (unpaired) electrons. The molecule has 3 aliphatic rings. The molecule has 0 saturated carbocycles. The maximum Gasteiger partial charge on any atom is 0.178 e. The van der Waals surface area contributed by atoms with Gasteiger partial charge in [0.15, 0.2) is 11.3 Å². The topological polar surface area (TPSA) is 22.4 Å². The minimum Gasteiger partial charge on any atom is -0.453 e. The average Bonchev–Trinajstić information content (AvgIpc) is 3.76. The Kier molecular flexibility index (Phi) is 4.88. The lowest BCUT2D eigenvalue weighted by molar-refractivity contribution is 0.415. The number of rotatable bonds is 1. The van der Waals surface area contributed by atoms with Gasteiger partial charge in [-0.25, -0.2) is 0 Å². The van der Waals surface area contributed by atoms with E-state index >= 15 is 0 Å². The van der Waals surface area contributed by atoms with Crippen molar-refractivity contribution in [3.63, 3.8) is 0 Å². The summed E-state index contributed by atoms with van der Waals surface area (Å²) in [6, 6.07) is 53.4. The van der Waals surface area contributed by atoms with E-state index in [2.05, 4.69) is 147 Å². The molecule has 7 aromatic carbocycles. The number of furan rings is 1.